The van der Waals surface area contributed by atoms with Crippen LogP contribution in [0.1, 0.15) is 29.5 Å². The van der Waals surface area contributed by atoms with E-state index in [-0.39, 0.29) is 0 Å². The third-order valence-corrected chi connectivity index (χ3v) is 5.27. The summed E-state index contributed by atoms with van der Waals surface area (Å²) < 4.78 is 13.5. The van der Waals surface area contributed by atoms with Crippen molar-refractivity contribution in [1.82, 2.24) is 20.3 Å². The molecule has 0 unspecified atom stereocenters. The van der Waals surface area contributed by atoms with Crippen LogP contribution in [0.5, 0.6) is 0 Å². The van der Waals surface area contributed by atoms with Crippen LogP contribution in [0.15, 0.2) is 81.9 Å². The molecule has 0 fully saturated rings. The van der Waals surface area contributed by atoms with Crippen molar-refractivity contribution in [2.24, 2.45) is 0 Å². The number of hydrogen-bond donors (Lipinski definition) is 1. The van der Waals surface area contributed by atoms with Crippen molar-refractivity contribution in [3.8, 4) is 11.5 Å². The van der Waals surface area contributed by atoms with Crippen LogP contribution in [0.25, 0.3) is 22.4 Å². The van der Waals surface area contributed by atoms with E-state index in [1.807, 2.05) is 47.1 Å². The van der Waals surface area contributed by atoms with Gasteiger partial charge < -0.3 is 14.3 Å². The number of rotatable bonds is 8. The van der Waals surface area contributed by atoms with Crippen LogP contribution in [0.2, 0.25) is 0 Å². The SMILES string of the molecule is CCc1cc(CNCc2cn(Cc3ccccc3)nc2-c2cc3ccccc3o2)on1. The first-order chi connectivity index (χ1) is 15.3. The van der Waals surface area contributed by atoms with Crippen molar-refractivity contribution in [2.75, 3.05) is 0 Å². The quantitative estimate of drug-likeness (QED) is 0.380. The van der Waals surface area contributed by atoms with Crippen molar-refractivity contribution in [3.05, 3.63) is 95.5 Å². The molecule has 0 aliphatic carbocycles. The minimum absolute atomic E-state index is 0.608. The van der Waals surface area contributed by atoms with Crippen LogP contribution in [-0.2, 0) is 26.1 Å². The Bertz CT molecular complexity index is 1250. The van der Waals surface area contributed by atoms with E-state index in [4.69, 9.17) is 14.0 Å². The monoisotopic (exact) mass is 412 g/mol. The van der Waals surface area contributed by atoms with Crippen LogP contribution >= 0.6 is 0 Å². The Morgan fingerprint density at radius 3 is 2.61 bits per heavy atom. The van der Waals surface area contributed by atoms with Gasteiger partial charge >= 0.3 is 0 Å². The molecule has 0 aliphatic rings. The minimum atomic E-state index is 0.608. The van der Waals surface area contributed by atoms with E-state index in [2.05, 4.69) is 47.9 Å². The maximum atomic E-state index is 6.11. The minimum Gasteiger partial charge on any atom is -0.454 e. The molecule has 0 radical (unpaired) electrons. The third-order valence-electron chi connectivity index (χ3n) is 5.27. The van der Waals surface area contributed by atoms with E-state index in [1.54, 1.807) is 0 Å². The van der Waals surface area contributed by atoms with Gasteiger partial charge in [0.25, 0.3) is 0 Å². The highest BCUT2D eigenvalue weighted by Crippen LogP contribution is 2.29. The Morgan fingerprint density at radius 2 is 1.81 bits per heavy atom. The number of fused-ring (bicyclic) bond motifs is 1. The summed E-state index contributed by atoms with van der Waals surface area (Å²) in [4.78, 5) is 0. The number of nitrogens with zero attached hydrogens (tertiary/aromatic N) is 3. The molecule has 0 spiro atoms. The van der Waals surface area contributed by atoms with Crippen molar-refractivity contribution in [1.29, 1.82) is 0 Å². The van der Waals surface area contributed by atoms with Gasteiger partial charge in [-0.15, -0.1) is 0 Å². The van der Waals surface area contributed by atoms with Crippen molar-refractivity contribution < 1.29 is 8.94 Å². The van der Waals surface area contributed by atoms with Gasteiger partial charge in [0.15, 0.2) is 11.5 Å². The molecule has 5 rings (SSSR count). The zero-order valence-electron chi connectivity index (χ0n) is 17.4. The predicted octanol–water partition coefficient (Wildman–Crippen LogP) is 5.18. The predicted molar refractivity (Wildman–Crippen MR) is 119 cm³/mol. The average Bonchev–Trinajstić information content (AvgIpc) is 3.52. The van der Waals surface area contributed by atoms with Crippen molar-refractivity contribution in [3.63, 3.8) is 0 Å². The van der Waals surface area contributed by atoms with Crippen LogP contribution < -0.4 is 5.32 Å². The molecule has 5 aromatic rings. The molecule has 6 heteroatoms. The largest absolute Gasteiger partial charge is 0.454 e. The van der Waals surface area contributed by atoms with E-state index >= 15 is 0 Å². The fraction of sp³-hybridized carbons (Fsp3) is 0.200. The van der Waals surface area contributed by atoms with Crippen LogP contribution in [0.3, 0.4) is 0 Å². The van der Waals surface area contributed by atoms with Gasteiger partial charge in [-0.1, -0.05) is 60.6 Å². The number of furan rings is 1. The lowest BCUT2D eigenvalue weighted by atomic mass is 10.2. The maximum Gasteiger partial charge on any atom is 0.156 e. The zero-order valence-corrected chi connectivity index (χ0v) is 17.4. The second-order valence-corrected chi connectivity index (χ2v) is 7.58. The smallest absolute Gasteiger partial charge is 0.156 e. The molecule has 3 aromatic heterocycles. The number of benzene rings is 2. The van der Waals surface area contributed by atoms with E-state index in [1.165, 1.54) is 5.56 Å². The molecule has 0 saturated carbocycles. The summed E-state index contributed by atoms with van der Waals surface area (Å²) >= 11 is 0. The first kappa shape index (κ1) is 19.3. The summed E-state index contributed by atoms with van der Waals surface area (Å²) in [5.41, 5.74) is 4.96. The van der Waals surface area contributed by atoms with Crippen LogP contribution in [0.4, 0.5) is 0 Å². The standard InChI is InChI=1S/C25H24N4O2/c1-2-21-13-22(31-28-21)15-26-14-20-17-29(16-18-8-4-3-5-9-18)27-25(20)24-12-19-10-6-7-11-23(19)30-24/h3-13,17,26H,2,14-16H2,1H3. The summed E-state index contributed by atoms with van der Waals surface area (Å²) in [6.07, 6.45) is 2.95. The molecule has 0 aliphatic heterocycles. The lowest BCUT2D eigenvalue weighted by molar-refractivity contribution is 0.368. The summed E-state index contributed by atoms with van der Waals surface area (Å²) in [5.74, 6) is 1.61. The molecular weight excluding hydrogens is 388 g/mol. The summed E-state index contributed by atoms with van der Waals surface area (Å²) in [6.45, 7) is 4.02. The maximum absolute atomic E-state index is 6.11. The van der Waals surface area contributed by atoms with E-state index in [9.17, 15) is 0 Å². The number of aromatic nitrogens is 3. The Morgan fingerprint density at radius 1 is 0.968 bits per heavy atom. The lowest BCUT2D eigenvalue weighted by Crippen LogP contribution is -2.12. The molecule has 0 bridgehead atoms. The lowest BCUT2D eigenvalue weighted by Gasteiger charge is -2.01. The Hall–Kier alpha value is -3.64. The molecule has 156 valence electrons. The molecule has 3 heterocycles. The van der Waals surface area contributed by atoms with Gasteiger partial charge in [0.2, 0.25) is 0 Å². The van der Waals surface area contributed by atoms with Gasteiger partial charge in [0.05, 0.1) is 18.8 Å². The van der Waals surface area contributed by atoms with Gasteiger partial charge in [-0.2, -0.15) is 5.10 Å². The first-order valence-corrected chi connectivity index (χ1v) is 10.5. The summed E-state index contributed by atoms with van der Waals surface area (Å²) in [5, 5.41) is 13.4. The van der Waals surface area contributed by atoms with Gasteiger partial charge in [-0.05, 0) is 24.1 Å². The second kappa shape index (κ2) is 8.62. The molecule has 0 saturated heterocycles. The van der Waals surface area contributed by atoms with Crippen LogP contribution in [0, 0.1) is 0 Å². The van der Waals surface area contributed by atoms with Gasteiger partial charge in [-0.25, -0.2) is 0 Å². The summed E-state index contributed by atoms with van der Waals surface area (Å²) in [7, 11) is 0. The number of aryl methyl sites for hydroxylation is 1. The highest BCUT2D eigenvalue weighted by molar-refractivity contribution is 5.82. The van der Waals surface area contributed by atoms with Crippen LogP contribution in [-0.4, -0.2) is 14.9 Å². The fourth-order valence-electron chi connectivity index (χ4n) is 3.68. The molecule has 1 N–H and O–H groups in total. The average molecular weight is 412 g/mol. The van der Waals surface area contributed by atoms with Crippen molar-refractivity contribution in [2.45, 2.75) is 33.0 Å². The molecular formula is C25H24N4O2. The van der Waals surface area contributed by atoms with Gasteiger partial charge in [0, 0.05) is 29.8 Å². The Labute approximate surface area is 180 Å². The summed E-state index contributed by atoms with van der Waals surface area (Å²) in [6, 6.07) is 22.4. The zero-order chi connectivity index (χ0) is 21.0. The highest BCUT2D eigenvalue weighted by atomic mass is 16.5. The van der Waals surface area contributed by atoms with E-state index < -0.39 is 0 Å². The first-order valence-electron chi connectivity index (χ1n) is 10.5. The molecule has 31 heavy (non-hydrogen) atoms. The number of para-hydroxylation sites is 1. The Kier molecular flexibility index (Phi) is 5.37. The molecule has 2 aromatic carbocycles. The highest BCUT2D eigenvalue weighted by Gasteiger charge is 2.16. The van der Waals surface area contributed by atoms with E-state index in [0.717, 1.165) is 45.9 Å². The topological polar surface area (TPSA) is 69.0 Å². The normalized spacial score (nSPS) is 11.4. The van der Waals surface area contributed by atoms with Gasteiger partial charge in [-0.3, -0.25) is 4.68 Å². The Balaban J connectivity index is 1.41. The van der Waals surface area contributed by atoms with Crippen molar-refractivity contribution >= 4 is 11.0 Å². The molecule has 6 nitrogen and oxygen atoms in total. The van der Waals surface area contributed by atoms with E-state index in [0.29, 0.717) is 19.6 Å². The fourth-order valence-corrected chi connectivity index (χ4v) is 3.68. The second-order valence-electron chi connectivity index (χ2n) is 7.58. The third kappa shape index (κ3) is 4.29. The molecule has 0 amide bonds. The number of nitrogens with one attached hydrogen (secondary N) is 1. The van der Waals surface area contributed by atoms with Gasteiger partial charge in [0.1, 0.15) is 11.3 Å². The number of hydrogen-bond acceptors (Lipinski definition) is 5. The molecule has 0 atom stereocenters.